The van der Waals surface area contributed by atoms with Crippen LogP contribution in [0.1, 0.15) is 16.1 Å². The molecule has 92 valence electrons. The molecule has 0 aliphatic rings. The zero-order valence-electron chi connectivity index (χ0n) is 9.13. The summed E-state index contributed by atoms with van der Waals surface area (Å²) in [5, 5.41) is 10.4. The summed E-state index contributed by atoms with van der Waals surface area (Å²) in [7, 11) is 0. The van der Waals surface area contributed by atoms with E-state index in [1.165, 1.54) is 12.1 Å². The van der Waals surface area contributed by atoms with Gasteiger partial charge in [-0.25, -0.2) is 0 Å². The quantitative estimate of drug-likeness (QED) is 0.365. The fourth-order valence-electron chi connectivity index (χ4n) is 1.45. The summed E-state index contributed by atoms with van der Waals surface area (Å²) >= 11 is 2.17. The van der Waals surface area contributed by atoms with Gasteiger partial charge in [-0.05, 0) is 46.4 Å². The topological polar surface area (TPSA) is 73.3 Å². The molecule has 0 saturated carbocycles. The largest absolute Gasteiger partial charge is 0.433 e. The van der Waals surface area contributed by atoms with Crippen molar-refractivity contribution >= 4 is 34.3 Å². The second kappa shape index (κ2) is 5.30. The van der Waals surface area contributed by atoms with Gasteiger partial charge in [0.15, 0.2) is 5.76 Å². The molecule has 0 bridgehead atoms. The summed E-state index contributed by atoms with van der Waals surface area (Å²) in [5.41, 5.74) is 0.847. The molecule has 0 amide bonds. The third kappa shape index (κ3) is 2.95. The Labute approximate surface area is 116 Å². The molecule has 18 heavy (non-hydrogen) atoms. The third-order valence-corrected chi connectivity index (χ3v) is 3.04. The zero-order valence-corrected chi connectivity index (χ0v) is 11.3. The number of benzene rings is 1. The number of Topliss-reactive ketones (excluding diaryl/α,β-unsaturated/α-hetero) is 1. The highest BCUT2D eigenvalue weighted by Crippen LogP contribution is 2.17. The van der Waals surface area contributed by atoms with Gasteiger partial charge in [0, 0.05) is 9.99 Å². The normalized spacial score (nSPS) is 10.3. The Bertz CT molecular complexity index is 588. The lowest BCUT2D eigenvalue weighted by Crippen LogP contribution is -2.01. The van der Waals surface area contributed by atoms with Crippen molar-refractivity contribution in [1.29, 1.82) is 0 Å². The summed E-state index contributed by atoms with van der Waals surface area (Å²) < 4.78 is 5.93. The molecule has 0 atom stereocenters. The fourth-order valence-corrected chi connectivity index (χ4v) is 1.81. The summed E-state index contributed by atoms with van der Waals surface area (Å²) in [6.07, 6.45) is 0.168. The van der Waals surface area contributed by atoms with E-state index in [2.05, 4.69) is 22.6 Å². The number of nitrogens with zero attached hydrogens (tertiary/aromatic N) is 1. The van der Waals surface area contributed by atoms with Crippen molar-refractivity contribution in [2.75, 3.05) is 0 Å². The first-order valence-corrected chi connectivity index (χ1v) is 6.16. The number of rotatable bonds is 4. The van der Waals surface area contributed by atoms with Gasteiger partial charge < -0.3 is 4.42 Å². The predicted molar refractivity (Wildman–Crippen MR) is 72.6 cm³/mol. The Hall–Kier alpha value is -1.70. The Morgan fingerprint density at radius 3 is 2.44 bits per heavy atom. The smallest absolute Gasteiger partial charge is 0.397 e. The highest BCUT2D eigenvalue weighted by Gasteiger charge is 2.17. The standard InChI is InChI=1S/C12H8INO4/c13-9-3-1-8(2-4-9)7-10(15)11-5-6-12(18-11)14(16)17/h1-6H,7H2. The number of furan rings is 1. The Morgan fingerprint density at radius 2 is 1.89 bits per heavy atom. The molecular weight excluding hydrogens is 349 g/mol. The monoisotopic (exact) mass is 357 g/mol. The van der Waals surface area contributed by atoms with Crippen LogP contribution in [0.5, 0.6) is 0 Å². The molecule has 0 radical (unpaired) electrons. The van der Waals surface area contributed by atoms with E-state index in [1.54, 1.807) is 0 Å². The molecule has 1 aromatic carbocycles. The van der Waals surface area contributed by atoms with Crippen molar-refractivity contribution in [3.05, 3.63) is 61.4 Å². The van der Waals surface area contributed by atoms with E-state index in [-0.39, 0.29) is 18.0 Å². The molecule has 0 unspecified atom stereocenters. The molecule has 5 nitrogen and oxygen atoms in total. The lowest BCUT2D eigenvalue weighted by atomic mass is 10.1. The molecule has 1 aromatic heterocycles. The summed E-state index contributed by atoms with van der Waals surface area (Å²) in [6, 6.07) is 9.99. The van der Waals surface area contributed by atoms with Crippen LogP contribution >= 0.6 is 22.6 Å². The van der Waals surface area contributed by atoms with Gasteiger partial charge in [0.2, 0.25) is 5.78 Å². The van der Waals surface area contributed by atoms with E-state index in [1.807, 2.05) is 24.3 Å². The average Bonchev–Trinajstić information content (AvgIpc) is 2.81. The van der Waals surface area contributed by atoms with E-state index in [0.29, 0.717) is 0 Å². The first-order chi connectivity index (χ1) is 8.56. The average molecular weight is 357 g/mol. The van der Waals surface area contributed by atoms with Crippen molar-refractivity contribution in [3.63, 3.8) is 0 Å². The minimum atomic E-state index is -0.665. The maximum atomic E-state index is 11.8. The number of halogens is 1. The third-order valence-electron chi connectivity index (χ3n) is 2.32. The maximum absolute atomic E-state index is 11.8. The molecule has 0 saturated heterocycles. The lowest BCUT2D eigenvalue weighted by Gasteiger charge is -1.98. The molecular formula is C12H8INO4. The van der Waals surface area contributed by atoms with Gasteiger partial charge in [-0.15, -0.1) is 0 Å². The molecule has 0 spiro atoms. The SMILES string of the molecule is O=C(Cc1ccc(I)cc1)c1ccc([N+](=O)[O-])o1. The molecule has 1 heterocycles. The number of nitro groups is 1. The van der Waals surface area contributed by atoms with Gasteiger partial charge in [-0.1, -0.05) is 12.1 Å². The van der Waals surface area contributed by atoms with Gasteiger partial charge >= 0.3 is 5.88 Å². The van der Waals surface area contributed by atoms with Crippen LogP contribution in [0.15, 0.2) is 40.8 Å². The number of ketones is 1. The van der Waals surface area contributed by atoms with Gasteiger partial charge in [0.1, 0.15) is 4.92 Å². The Balaban J connectivity index is 2.11. The van der Waals surface area contributed by atoms with Crippen LogP contribution in [0, 0.1) is 13.7 Å². The summed E-state index contributed by atoms with van der Waals surface area (Å²) in [5.74, 6) is -0.675. The zero-order chi connectivity index (χ0) is 13.1. The van der Waals surface area contributed by atoms with Crippen LogP contribution in [0.4, 0.5) is 5.88 Å². The van der Waals surface area contributed by atoms with Gasteiger partial charge in [-0.2, -0.15) is 0 Å². The van der Waals surface area contributed by atoms with Crippen molar-refractivity contribution in [3.8, 4) is 0 Å². The lowest BCUT2D eigenvalue weighted by molar-refractivity contribution is -0.402. The first-order valence-electron chi connectivity index (χ1n) is 5.08. The first kappa shape index (κ1) is 12.7. The Kier molecular flexibility index (Phi) is 3.75. The van der Waals surface area contributed by atoms with Crippen molar-refractivity contribution in [1.82, 2.24) is 0 Å². The molecule has 2 aromatic rings. The fraction of sp³-hybridized carbons (Fsp3) is 0.0833. The second-order valence-electron chi connectivity index (χ2n) is 3.62. The van der Waals surface area contributed by atoms with Crippen molar-refractivity contribution in [2.24, 2.45) is 0 Å². The van der Waals surface area contributed by atoms with E-state index in [9.17, 15) is 14.9 Å². The van der Waals surface area contributed by atoms with Gasteiger partial charge in [0.05, 0.1) is 6.07 Å². The molecule has 0 fully saturated rings. The van der Waals surface area contributed by atoms with Crippen molar-refractivity contribution < 1.29 is 14.1 Å². The van der Waals surface area contributed by atoms with Gasteiger partial charge in [0.25, 0.3) is 0 Å². The van der Waals surface area contributed by atoms with Crippen LogP contribution < -0.4 is 0 Å². The van der Waals surface area contributed by atoms with Crippen LogP contribution in [-0.4, -0.2) is 10.7 Å². The summed E-state index contributed by atoms with van der Waals surface area (Å²) in [4.78, 5) is 21.6. The predicted octanol–water partition coefficient (Wildman–Crippen LogP) is 3.22. The highest BCUT2D eigenvalue weighted by molar-refractivity contribution is 14.1. The minimum absolute atomic E-state index is 0.0141. The van der Waals surface area contributed by atoms with E-state index in [0.717, 1.165) is 9.13 Å². The van der Waals surface area contributed by atoms with Crippen LogP contribution in [0.2, 0.25) is 0 Å². The van der Waals surface area contributed by atoms with Crippen LogP contribution in [0.25, 0.3) is 0 Å². The van der Waals surface area contributed by atoms with Crippen molar-refractivity contribution in [2.45, 2.75) is 6.42 Å². The number of hydrogen-bond donors (Lipinski definition) is 0. The Morgan fingerprint density at radius 1 is 1.22 bits per heavy atom. The van der Waals surface area contributed by atoms with E-state index in [4.69, 9.17) is 4.42 Å². The van der Waals surface area contributed by atoms with E-state index < -0.39 is 10.8 Å². The van der Waals surface area contributed by atoms with Crippen LogP contribution in [-0.2, 0) is 6.42 Å². The molecule has 0 aliphatic heterocycles. The van der Waals surface area contributed by atoms with Crippen LogP contribution in [0.3, 0.4) is 0 Å². The second-order valence-corrected chi connectivity index (χ2v) is 4.87. The highest BCUT2D eigenvalue weighted by atomic mass is 127. The minimum Gasteiger partial charge on any atom is -0.397 e. The number of carbonyl (C=O) groups is 1. The molecule has 2 rings (SSSR count). The summed E-state index contributed by atoms with van der Waals surface area (Å²) in [6.45, 7) is 0. The number of carbonyl (C=O) groups excluding carboxylic acids is 1. The number of hydrogen-bond acceptors (Lipinski definition) is 4. The maximum Gasteiger partial charge on any atom is 0.433 e. The van der Waals surface area contributed by atoms with E-state index >= 15 is 0 Å². The van der Waals surface area contributed by atoms with Gasteiger partial charge in [-0.3, -0.25) is 14.9 Å². The molecule has 6 heteroatoms. The molecule has 0 N–H and O–H groups in total. The molecule has 0 aliphatic carbocycles.